The first-order valence-electron chi connectivity index (χ1n) is 4.61. The largest absolute Gasteiger partial charge is 0.476 e. The summed E-state index contributed by atoms with van der Waals surface area (Å²) in [6, 6.07) is 0. The summed E-state index contributed by atoms with van der Waals surface area (Å²) < 4.78 is 0. The number of aromatic nitrogens is 1. The van der Waals surface area contributed by atoms with Crippen molar-refractivity contribution < 1.29 is 9.90 Å². The van der Waals surface area contributed by atoms with Crippen molar-refractivity contribution in [3.63, 3.8) is 0 Å². The number of carbonyl (C=O) groups is 1. The van der Waals surface area contributed by atoms with Gasteiger partial charge in [-0.05, 0) is 19.4 Å². The van der Waals surface area contributed by atoms with Gasteiger partial charge in [0.1, 0.15) is 9.98 Å². The zero-order valence-electron chi connectivity index (χ0n) is 9.27. The Balaban J connectivity index is 3.83. The Morgan fingerprint density at radius 3 is 2.00 bits per heavy atom. The smallest absolute Gasteiger partial charge is 0.355 e. The summed E-state index contributed by atoms with van der Waals surface area (Å²) in [5.41, 5.74) is 12.6. The minimum absolute atomic E-state index is 0.0540. The van der Waals surface area contributed by atoms with Crippen LogP contribution in [-0.4, -0.2) is 26.0 Å². The number of nitrogens with two attached hydrogens (primary N) is 2. The molecule has 5 N–H and O–H groups in total. The van der Waals surface area contributed by atoms with Crippen molar-refractivity contribution in [2.24, 2.45) is 11.5 Å². The molecule has 1 aromatic heterocycles. The zero-order valence-corrected chi connectivity index (χ0v) is 10.9. The van der Waals surface area contributed by atoms with E-state index in [1.807, 2.05) is 0 Å². The van der Waals surface area contributed by atoms with E-state index in [2.05, 4.69) is 4.98 Å². The van der Waals surface area contributed by atoms with Gasteiger partial charge in [-0.3, -0.25) is 0 Å². The minimum Gasteiger partial charge on any atom is -0.476 e. The molecular weight excluding hydrogens is 258 g/mol. The third-order valence-corrected chi connectivity index (χ3v) is 2.79. The molecule has 0 atom stereocenters. The molecule has 1 rings (SSSR count). The highest BCUT2D eigenvalue weighted by Crippen LogP contribution is 2.20. The molecule has 0 saturated carbocycles. The van der Waals surface area contributed by atoms with Gasteiger partial charge in [-0.2, -0.15) is 0 Å². The Hall–Kier alpha value is -1.60. The molecule has 0 radical (unpaired) electrons. The highest BCUT2D eigenvalue weighted by atomic mass is 32.1. The quantitative estimate of drug-likeness (QED) is 0.693. The second kappa shape index (κ2) is 4.72. The van der Waals surface area contributed by atoms with Gasteiger partial charge in [0.15, 0.2) is 5.69 Å². The Kier molecular flexibility index (Phi) is 3.74. The van der Waals surface area contributed by atoms with Crippen molar-refractivity contribution in [1.29, 1.82) is 0 Å². The number of aromatic carboxylic acids is 1. The summed E-state index contributed by atoms with van der Waals surface area (Å²) in [6.07, 6.45) is 0. The van der Waals surface area contributed by atoms with E-state index in [4.69, 9.17) is 41.0 Å². The van der Waals surface area contributed by atoms with E-state index >= 15 is 0 Å². The van der Waals surface area contributed by atoms with Gasteiger partial charge in [-0.15, -0.1) is 0 Å². The molecule has 0 spiro atoms. The van der Waals surface area contributed by atoms with Crippen LogP contribution in [0.3, 0.4) is 0 Å². The average molecular weight is 269 g/mol. The second-order valence-corrected chi connectivity index (χ2v) is 4.33. The summed E-state index contributed by atoms with van der Waals surface area (Å²) in [7, 11) is 0. The number of carboxylic acid groups (broad SMARTS) is 1. The lowest BCUT2D eigenvalue weighted by Gasteiger charge is -2.14. The normalized spacial score (nSPS) is 10.0. The maximum atomic E-state index is 11.1. The number of nitrogens with zero attached hydrogens (tertiary/aromatic N) is 1. The van der Waals surface area contributed by atoms with Crippen molar-refractivity contribution in [3.05, 3.63) is 28.1 Å². The molecule has 0 aromatic carbocycles. The number of thiocarbonyl (C=S) groups is 2. The van der Waals surface area contributed by atoms with Crippen molar-refractivity contribution in [1.82, 2.24) is 4.98 Å². The number of rotatable bonds is 3. The van der Waals surface area contributed by atoms with Gasteiger partial charge in [0.05, 0.1) is 5.56 Å². The van der Waals surface area contributed by atoms with Gasteiger partial charge >= 0.3 is 5.97 Å². The van der Waals surface area contributed by atoms with Gasteiger partial charge in [-0.25, -0.2) is 9.78 Å². The van der Waals surface area contributed by atoms with Crippen molar-refractivity contribution in [2.75, 3.05) is 0 Å². The first kappa shape index (κ1) is 13.5. The summed E-state index contributed by atoms with van der Waals surface area (Å²) >= 11 is 9.74. The topological polar surface area (TPSA) is 102 Å². The first-order chi connectivity index (χ1) is 7.77. The van der Waals surface area contributed by atoms with Crippen LogP contribution in [0.1, 0.15) is 32.9 Å². The molecule has 0 unspecified atom stereocenters. The van der Waals surface area contributed by atoms with Gasteiger partial charge in [0.25, 0.3) is 0 Å². The Labute approximate surface area is 109 Å². The van der Waals surface area contributed by atoms with Crippen LogP contribution in [0.25, 0.3) is 0 Å². The Morgan fingerprint density at radius 1 is 1.18 bits per heavy atom. The predicted molar refractivity (Wildman–Crippen MR) is 72.4 cm³/mol. The maximum Gasteiger partial charge on any atom is 0.355 e. The average Bonchev–Trinajstić information content (AvgIpc) is 2.19. The van der Waals surface area contributed by atoms with Crippen molar-refractivity contribution >= 4 is 40.4 Å². The molecule has 0 bridgehead atoms. The van der Waals surface area contributed by atoms with E-state index in [0.717, 1.165) is 0 Å². The summed E-state index contributed by atoms with van der Waals surface area (Å²) in [4.78, 5) is 15.0. The Morgan fingerprint density at radius 2 is 1.65 bits per heavy atom. The monoisotopic (exact) mass is 269 g/mol. The molecule has 0 saturated heterocycles. The molecule has 17 heavy (non-hydrogen) atoms. The summed E-state index contributed by atoms with van der Waals surface area (Å²) in [5.74, 6) is -1.21. The molecule has 0 aliphatic rings. The van der Waals surface area contributed by atoms with Crippen molar-refractivity contribution in [2.45, 2.75) is 13.8 Å². The predicted octanol–water partition coefficient (Wildman–Crippen LogP) is 0.665. The van der Waals surface area contributed by atoms with Gasteiger partial charge < -0.3 is 16.6 Å². The van der Waals surface area contributed by atoms with E-state index in [1.54, 1.807) is 13.8 Å². The molecule has 1 heterocycles. The lowest BCUT2D eigenvalue weighted by molar-refractivity contribution is 0.0690. The Bertz CT molecular complexity index is 541. The summed E-state index contributed by atoms with van der Waals surface area (Å²) in [5, 5.41) is 9.07. The zero-order chi connectivity index (χ0) is 13.3. The third-order valence-electron chi connectivity index (χ3n) is 2.38. The number of pyridine rings is 1. The van der Waals surface area contributed by atoms with Crippen LogP contribution in [0.15, 0.2) is 0 Å². The molecular formula is C10H11N3O2S2. The SMILES string of the molecule is Cc1nc(C(=O)O)c(C(N)=S)c(C(N)=S)c1C. The number of hydrogen-bond donors (Lipinski definition) is 3. The lowest BCUT2D eigenvalue weighted by atomic mass is 9.99. The highest BCUT2D eigenvalue weighted by Gasteiger charge is 2.23. The van der Waals surface area contributed by atoms with E-state index in [-0.39, 0.29) is 21.2 Å². The maximum absolute atomic E-state index is 11.1. The van der Waals surface area contributed by atoms with Crippen LogP contribution in [0.4, 0.5) is 0 Å². The van der Waals surface area contributed by atoms with E-state index < -0.39 is 5.97 Å². The van der Waals surface area contributed by atoms with Crippen LogP contribution in [0.2, 0.25) is 0 Å². The fraction of sp³-hybridized carbons (Fsp3) is 0.200. The van der Waals surface area contributed by atoms with E-state index in [9.17, 15) is 4.79 Å². The van der Waals surface area contributed by atoms with Crippen LogP contribution in [0.5, 0.6) is 0 Å². The van der Waals surface area contributed by atoms with Crippen LogP contribution >= 0.6 is 24.4 Å². The molecule has 0 fully saturated rings. The summed E-state index contributed by atoms with van der Waals surface area (Å²) in [6.45, 7) is 3.41. The number of hydrogen-bond acceptors (Lipinski definition) is 4. The van der Waals surface area contributed by atoms with E-state index in [1.165, 1.54) is 0 Å². The van der Waals surface area contributed by atoms with Crippen LogP contribution < -0.4 is 11.5 Å². The third kappa shape index (κ3) is 2.40. The van der Waals surface area contributed by atoms with E-state index in [0.29, 0.717) is 16.8 Å². The molecule has 0 aliphatic carbocycles. The van der Waals surface area contributed by atoms with Gasteiger partial charge in [0.2, 0.25) is 0 Å². The standard InChI is InChI=1S/C10H11N3O2S2/c1-3-4(2)13-7(10(14)15)6(9(12)17)5(3)8(11)16/h1-2H3,(H2,11,16)(H2,12,17)(H,14,15). The molecule has 5 nitrogen and oxygen atoms in total. The van der Waals surface area contributed by atoms with Crippen LogP contribution in [-0.2, 0) is 0 Å². The number of carboxylic acids is 1. The fourth-order valence-electron chi connectivity index (χ4n) is 1.50. The number of aryl methyl sites for hydroxylation is 1. The minimum atomic E-state index is -1.21. The van der Waals surface area contributed by atoms with Gasteiger partial charge in [-0.1, -0.05) is 24.4 Å². The molecule has 0 amide bonds. The first-order valence-corrected chi connectivity index (χ1v) is 5.43. The second-order valence-electron chi connectivity index (χ2n) is 3.45. The fourth-order valence-corrected chi connectivity index (χ4v) is 1.95. The van der Waals surface area contributed by atoms with Crippen molar-refractivity contribution in [3.8, 4) is 0 Å². The molecule has 7 heteroatoms. The van der Waals surface area contributed by atoms with Gasteiger partial charge in [0, 0.05) is 11.3 Å². The molecule has 0 aliphatic heterocycles. The molecule has 90 valence electrons. The molecule has 1 aromatic rings. The highest BCUT2D eigenvalue weighted by molar-refractivity contribution is 7.81. The lowest BCUT2D eigenvalue weighted by Crippen LogP contribution is -2.25. The van der Waals surface area contributed by atoms with Crippen LogP contribution in [0, 0.1) is 13.8 Å².